The van der Waals surface area contributed by atoms with E-state index in [2.05, 4.69) is 15.3 Å². The number of primary amides is 1. The molecule has 0 radical (unpaired) electrons. The van der Waals surface area contributed by atoms with Crippen LogP contribution in [0, 0.1) is 11.7 Å². The summed E-state index contributed by atoms with van der Waals surface area (Å²) in [6.45, 7) is 3.94. The van der Waals surface area contributed by atoms with Gasteiger partial charge in [-0.1, -0.05) is 30.7 Å². The number of fused-ring (bicyclic) bond motifs is 1. The van der Waals surface area contributed by atoms with Crippen molar-refractivity contribution in [1.82, 2.24) is 15.3 Å². The Morgan fingerprint density at radius 3 is 2.48 bits per heavy atom. The summed E-state index contributed by atoms with van der Waals surface area (Å²) in [5, 5.41) is 14.1. The Morgan fingerprint density at radius 1 is 1.07 bits per heavy atom. The lowest BCUT2D eigenvalue weighted by atomic mass is 9.87. The highest BCUT2D eigenvalue weighted by Gasteiger charge is 2.32. The lowest BCUT2D eigenvalue weighted by molar-refractivity contribution is -0.159. The number of halogens is 1. The first-order chi connectivity index (χ1) is 20.9. The van der Waals surface area contributed by atoms with Gasteiger partial charge in [0.2, 0.25) is 5.91 Å². The standard InChI is InChI=1S/C32H43FN6O5/c1-32(2,44-31(43)23(35)10-5-6-15-34)14-13-21(29(36)41)18-28(40)26(17-20-8-7-9-22(33)16-20)39-30(42)27-19-37-24-11-3-4-12-25(24)38-27/h3-4,7-9,11-12,16,19,21,23,26,28,40H,5-6,10,13-15,17-18,34-35H2,1-2H3,(H2,36,41)(H,39,42). The molecule has 0 aliphatic carbocycles. The van der Waals surface area contributed by atoms with Crippen LogP contribution in [-0.2, 0) is 20.7 Å². The van der Waals surface area contributed by atoms with Gasteiger partial charge in [0, 0.05) is 5.92 Å². The lowest BCUT2D eigenvalue weighted by Gasteiger charge is -2.30. The zero-order valence-electron chi connectivity index (χ0n) is 25.2. The Bertz CT molecular complexity index is 1420. The summed E-state index contributed by atoms with van der Waals surface area (Å²) < 4.78 is 19.6. The Morgan fingerprint density at radius 2 is 1.80 bits per heavy atom. The van der Waals surface area contributed by atoms with Gasteiger partial charge in [0.05, 0.1) is 29.4 Å². The number of rotatable bonds is 17. The number of unbranched alkanes of at least 4 members (excludes halogenated alkanes) is 1. The average molecular weight is 611 g/mol. The number of hydrogen-bond donors (Lipinski definition) is 5. The highest BCUT2D eigenvalue weighted by molar-refractivity contribution is 5.94. The number of ether oxygens (including phenoxy) is 1. The predicted molar refractivity (Wildman–Crippen MR) is 164 cm³/mol. The predicted octanol–water partition coefficient (Wildman–Crippen LogP) is 2.52. The number of amides is 2. The van der Waals surface area contributed by atoms with Crippen LogP contribution >= 0.6 is 0 Å². The number of carbonyl (C=O) groups excluding carboxylic acids is 3. The number of aliphatic hydroxyl groups is 1. The largest absolute Gasteiger partial charge is 0.459 e. The minimum Gasteiger partial charge on any atom is -0.459 e. The van der Waals surface area contributed by atoms with E-state index in [1.165, 1.54) is 24.4 Å². The molecule has 0 fully saturated rings. The second kappa shape index (κ2) is 16.2. The van der Waals surface area contributed by atoms with E-state index >= 15 is 0 Å². The fourth-order valence-electron chi connectivity index (χ4n) is 4.89. The molecular formula is C32H43FN6O5. The first kappa shape index (κ1) is 34.5. The van der Waals surface area contributed by atoms with Crippen molar-refractivity contribution in [2.75, 3.05) is 6.54 Å². The fourth-order valence-corrected chi connectivity index (χ4v) is 4.89. The van der Waals surface area contributed by atoms with E-state index in [0.717, 1.165) is 6.42 Å². The highest BCUT2D eigenvalue weighted by Crippen LogP contribution is 2.25. The third-order valence-corrected chi connectivity index (χ3v) is 7.48. The second-order valence-corrected chi connectivity index (χ2v) is 11.7. The Kier molecular flexibility index (Phi) is 12.7. The number of para-hydroxylation sites is 2. The number of aromatic nitrogens is 2. The van der Waals surface area contributed by atoms with Crippen LogP contribution < -0.4 is 22.5 Å². The van der Waals surface area contributed by atoms with E-state index in [9.17, 15) is 23.9 Å². The second-order valence-electron chi connectivity index (χ2n) is 11.7. The molecule has 238 valence electrons. The van der Waals surface area contributed by atoms with Crippen LogP contribution in [0.1, 0.15) is 68.4 Å². The first-order valence-electron chi connectivity index (χ1n) is 14.8. The van der Waals surface area contributed by atoms with E-state index in [0.29, 0.717) is 36.0 Å². The van der Waals surface area contributed by atoms with Gasteiger partial charge in [0.25, 0.3) is 5.91 Å². The van der Waals surface area contributed by atoms with Crippen molar-refractivity contribution in [2.45, 2.75) is 82.6 Å². The van der Waals surface area contributed by atoms with Crippen LogP contribution in [0.25, 0.3) is 11.0 Å². The number of benzene rings is 2. The number of carbonyl (C=O) groups is 3. The monoisotopic (exact) mass is 610 g/mol. The Labute approximate surface area is 256 Å². The molecule has 0 saturated heterocycles. The minimum absolute atomic E-state index is 0.0383. The van der Waals surface area contributed by atoms with Crippen molar-refractivity contribution in [3.8, 4) is 0 Å². The maximum Gasteiger partial charge on any atom is 0.323 e. The van der Waals surface area contributed by atoms with Crippen LogP contribution in [0.4, 0.5) is 4.39 Å². The number of nitrogens with one attached hydrogen (secondary N) is 1. The summed E-state index contributed by atoms with van der Waals surface area (Å²) >= 11 is 0. The van der Waals surface area contributed by atoms with Gasteiger partial charge < -0.3 is 32.4 Å². The summed E-state index contributed by atoms with van der Waals surface area (Å²) in [6.07, 6.45) is 2.44. The molecule has 4 atom stereocenters. The van der Waals surface area contributed by atoms with E-state index in [1.54, 1.807) is 38.1 Å². The number of aliphatic hydroxyl groups excluding tert-OH is 1. The molecule has 3 aromatic rings. The van der Waals surface area contributed by atoms with Crippen LogP contribution in [0.5, 0.6) is 0 Å². The van der Waals surface area contributed by atoms with Gasteiger partial charge in [-0.2, -0.15) is 0 Å². The summed E-state index contributed by atoms with van der Waals surface area (Å²) in [7, 11) is 0. The van der Waals surface area contributed by atoms with E-state index in [-0.39, 0.29) is 31.4 Å². The molecule has 12 heteroatoms. The van der Waals surface area contributed by atoms with E-state index in [4.69, 9.17) is 21.9 Å². The van der Waals surface area contributed by atoms with Gasteiger partial charge in [0.15, 0.2) is 0 Å². The SMILES string of the molecule is CC(C)(CCC(CC(O)C(Cc1cccc(F)c1)NC(=O)c1cnc2ccccc2n1)C(N)=O)OC(=O)C(N)CCCCN. The zero-order valence-corrected chi connectivity index (χ0v) is 25.2. The van der Waals surface area contributed by atoms with Crippen LogP contribution in [-0.4, -0.2) is 63.2 Å². The van der Waals surface area contributed by atoms with Crippen LogP contribution in [0.15, 0.2) is 54.7 Å². The average Bonchev–Trinajstić information content (AvgIpc) is 2.98. The molecule has 2 amide bonds. The summed E-state index contributed by atoms with van der Waals surface area (Å²) in [5.41, 5.74) is 17.9. The van der Waals surface area contributed by atoms with Gasteiger partial charge in [0.1, 0.15) is 23.2 Å². The molecule has 0 aliphatic heterocycles. The summed E-state index contributed by atoms with van der Waals surface area (Å²) in [6, 6.07) is 11.2. The zero-order chi connectivity index (χ0) is 32.3. The number of nitrogens with two attached hydrogens (primary N) is 3. The third kappa shape index (κ3) is 10.6. The maximum atomic E-state index is 14.0. The third-order valence-electron chi connectivity index (χ3n) is 7.48. The summed E-state index contributed by atoms with van der Waals surface area (Å²) in [4.78, 5) is 46.8. The molecule has 3 rings (SSSR count). The lowest BCUT2D eigenvalue weighted by Crippen LogP contribution is -2.47. The smallest absolute Gasteiger partial charge is 0.323 e. The van der Waals surface area contributed by atoms with Crippen LogP contribution in [0.3, 0.4) is 0 Å². The maximum absolute atomic E-state index is 14.0. The first-order valence-corrected chi connectivity index (χ1v) is 14.8. The number of esters is 1. The van der Waals surface area contributed by atoms with Crippen molar-refractivity contribution in [3.05, 3.63) is 71.8 Å². The van der Waals surface area contributed by atoms with E-state index in [1.807, 2.05) is 6.07 Å². The fraction of sp³-hybridized carbons (Fsp3) is 0.469. The van der Waals surface area contributed by atoms with Gasteiger partial charge in [-0.15, -0.1) is 0 Å². The van der Waals surface area contributed by atoms with Crippen molar-refractivity contribution < 1.29 is 28.6 Å². The molecule has 11 nitrogen and oxygen atoms in total. The van der Waals surface area contributed by atoms with E-state index < -0.39 is 53.3 Å². The molecule has 0 bridgehead atoms. The van der Waals surface area contributed by atoms with Crippen molar-refractivity contribution in [3.63, 3.8) is 0 Å². The molecule has 1 heterocycles. The minimum atomic E-state index is -1.24. The number of nitrogens with zero attached hydrogens (tertiary/aromatic N) is 2. The summed E-state index contributed by atoms with van der Waals surface area (Å²) in [5.74, 6) is -3.06. The highest BCUT2D eigenvalue weighted by atomic mass is 19.1. The van der Waals surface area contributed by atoms with Gasteiger partial charge in [-0.25, -0.2) is 9.37 Å². The molecule has 0 saturated carbocycles. The Balaban J connectivity index is 1.71. The molecule has 1 aromatic heterocycles. The van der Waals surface area contributed by atoms with Gasteiger partial charge in [-0.05, 0) is 88.7 Å². The molecule has 44 heavy (non-hydrogen) atoms. The number of hydrogen-bond acceptors (Lipinski definition) is 9. The molecule has 0 aliphatic rings. The van der Waals surface area contributed by atoms with Crippen molar-refractivity contribution >= 4 is 28.8 Å². The topological polar surface area (TPSA) is 197 Å². The molecule has 0 spiro atoms. The van der Waals surface area contributed by atoms with Gasteiger partial charge >= 0.3 is 5.97 Å². The molecule has 4 unspecified atom stereocenters. The molecule has 2 aromatic carbocycles. The van der Waals surface area contributed by atoms with Crippen molar-refractivity contribution in [2.24, 2.45) is 23.1 Å². The van der Waals surface area contributed by atoms with Crippen molar-refractivity contribution in [1.29, 1.82) is 0 Å². The quantitative estimate of drug-likeness (QED) is 0.113. The Hall–Kier alpha value is -4.00. The normalized spacial score (nSPS) is 14.4. The molecule has 8 N–H and O–H groups in total. The molecular weight excluding hydrogens is 567 g/mol. The van der Waals surface area contributed by atoms with Gasteiger partial charge in [-0.3, -0.25) is 19.4 Å². The van der Waals surface area contributed by atoms with Crippen LogP contribution in [0.2, 0.25) is 0 Å².